The molecular formula is C38H71N7O4. The number of ether oxygens (including phenoxy) is 1. The van der Waals surface area contributed by atoms with Gasteiger partial charge in [-0.3, -0.25) is 14.4 Å². The van der Waals surface area contributed by atoms with E-state index in [0.717, 1.165) is 96.3 Å². The molecule has 8 rings (SSSR count). The Bertz CT molecular complexity index is 1060. The maximum Gasteiger partial charge on any atom is 0.246 e. The van der Waals surface area contributed by atoms with Crippen LogP contribution in [0.25, 0.3) is 0 Å². The number of nitrogens with zero attached hydrogens (tertiary/aromatic N) is 4. The Morgan fingerprint density at radius 1 is 0.551 bits per heavy atom. The van der Waals surface area contributed by atoms with Gasteiger partial charge in [0.05, 0.1) is 11.0 Å². The van der Waals surface area contributed by atoms with Crippen molar-refractivity contribution >= 4 is 17.7 Å². The molecular weight excluding hydrogens is 618 g/mol. The Hall–Kier alpha value is -1.79. The number of hydrogen-bond acceptors (Lipinski definition) is 8. The molecule has 4 spiro atoms. The first kappa shape index (κ1) is 40.0. The molecule has 11 heteroatoms. The molecule has 3 N–H and O–H groups in total. The topological polar surface area (TPSA) is 109 Å². The van der Waals surface area contributed by atoms with Crippen LogP contribution in [-0.4, -0.2) is 150 Å². The molecule has 282 valence electrons. The molecule has 11 nitrogen and oxygen atoms in total. The van der Waals surface area contributed by atoms with Crippen molar-refractivity contribution in [1.82, 2.24) is 35.6 Å². The van der Waals surface area contributed by atoms with Crippen LogP contribution in [0, 0.1) is 16.2 Å². The fourth-order valence-corrected chi connectivity index (χ4v) is 9.35. The molecule has 0 bridgehead atoms. The van der Waals surface area contributed by atoms with E-state index in [1.807, 2.05) is 0 Å². The molecule has 7 aliphatic heterocycles. The molecule has 0 aromatic rings. The molecule has 0 unspecified atom stereocenters. The summed E-state index contributed by atoms with van der Waals surface area (Å²) >= 11 is 0. The normalized spacial score (nSPS) is 29.0. The lowest BCUT2D eigenvalue weighted by molar-refractivity contribution is -0.149. The van der Waals surface area contributed by atoms with E-state index in [2.05, 4.69) is 63.7 Å². The lowest BCUT2D eigenvalue weighted by Crippen LogP contribution is -2.56. The molecule has 7 saturated heterocycles. The highest BCUT2D eigenvalue weighted by molar-refractivity contribution is 5.84. The average Bonchev–Trinajstić information content (AvgIpc) is 3.79. The van der Waals surface area contributed by atoms with Gasteiger partial charge in [-0.1, -0.05) is 20.3 Å². The predicted octanol–water partition coefficient (Wildman–Crippen LogP) is 2.94. The van der Waals surface area contributed by atoms with Crippen LogP contribution in [0.15, 0.2) is 0 Å². The zero-order valence-electron chi connectivity index (χ0n) is 30.8. The van der Waals surface area contributed by atoms with Crippen molar-refractivity contribution in [2.75, 3.05) is 107 Å². The number of morpholine rings is 1. The molecule has 0 radical (unpaired) electrons. The second kappa shape index (κ2) is 17.6. The van der Waals surface area contributed by atoms with Gasteiger partial charge in [0.15, 0.2) is 0 Å². The standard InChI is InChI=1S/C10H19N.C9H16N2O2.2C9H16N2O.CH4/c1-11-8-4-7-10(9-11)5-2-3-6-10;1-11-4-2-9(3-5-11)7-10-8(12)6-13-9;1-11-6-3-9(4-7-11)2-5-10-8(9)12;1-11-4-2-9(3-5-11)6-8(12)10-7-9;/h2-9H2,1H3;2-7H2,1H3,(H,10,12);2*2-7H2,1H3,(H,10,12);1H4. The van der Waals surface area contributed by atoms with Crippen LogP contribution in [0.2, 0.25) is 0 Å². The minimum Gasteiger partial charge on any atom is -0.363 e. The number of carbonyl (C=O) groups is 3. The number of amides is 3. The summed E-state index contributed by atoms with van der Waals surface area (Å²) in [6, 6.07) is 0. The summed E-state index contributed by atoms with van der Waals surface area (Å²) in [6.45, 7) is 12.0. The lowest BCUT2D eigenvalue weighted by atomic mass is 9.77. The van der Waals surface area contributed by atoms with Crippen LogP contribution in [0.3, 0.4) is 0 Å². The zero-order chi connectivity index (χ0) is 34.3. The van der Waals surface area contributed by atoms with E-state index in [4.69, 9.17) is 4.74 Å². The number of hydrogen-bond donors (Lipinski definition) is 3. The zero-order valence-corrected chi connectivity index (χ0v) is 30.8. The monoisotopic (exact) mass is 690 g/mol. The Labute approximate surface area is 298 Å². The summed E-state index contributed by atoms with van der Waals surface area (Å²) in [5.74, 6) is 0.569. The summed E-state index contributed by atoms with van der Waals surface area (Å²) in [6.07, 6.45) is 17.3. The van der Waals surface area contributed by atoms with Crippen molar-refractivity contribution in [3.05, 3.63) is 0 Å². The van der Waals surface area contributed by atoms with Crippen molar-refractivity contribution in [3.8, 4) is 0 Å². The second-order valence-electron chi connectivity index (χ2n) is 16.9. The van der Waals surface area contributed by atoms with Gasteiger partial charge in [0, 0.05) is 45.7 Å². The van der Waals surface area contributed by atoms with E-state index >= 15 is 0 Å². The average molecular weight is 690 g/mol. The maximum absolute atomic E-state index is 11.5. The SMILES string of the molecule is C.CN1CCC2(CC1)CNC(=O)C2.CN1CCC2(CC1)CNC(=O)CO2.CN1CCC2(CCNC2=O)CC1.CN1CCCC2(CCCC2)C1. The highest BCUT2D eigenvalue weighted by atomic mass is 16.5. The third kappa shape index (κ3) is 10.9. The molecule has 49 heavy (non-hydrogen) atoms. The number of nitrogens with one attached hydrogen (secondary N) is 3. The van der Waals surface area contributed by atoms with Crippen LogP contribution in [0.1, 0.15) is 97.3 Å². The molecule has 0 aromatic heterocycles. The van der Waals surface area contributed by atoms with Gasteiger partial charge in [0.2, 0.25) is 17.7 Å². The molecule has 8 fully saturated rings. The van der Waals surface area contributed by atoms with Gasteiger partial charge in [0.25, 0.3) is 0 Å². The third-order valence-corrected chi connectivity index (χ3v) is 13.1. The van der Waals surface area contributed by atoms with E-state index in [0.29, 0.717) is 17.9 Å². The first-order valence-corrected chi connectivity index (χ1v) is 19.1. The van der Waals surface area contributed by atoms with Crippen molar-refractivity contribution in [3.63, 3.8) is 0 Å². The van der Waals surface area contributed by atoms with E-state index in [-0.39, 0.29) is 36.9 Å². The Morgan fingerprint density at radius 3 is 1.59 bits per heavy atom. The molecule has 1 aliphatic carbocycles. The smallest absolute Gasteiger partial charge is 0.246 e. The van der Waals surface area contributed by atoms with Gasteiger partial charge in [-0.15, -0.1) is 0 Å². The van der Waals surface area contributed by atoms with Crippen molar-refractivity contribution in [2.45, 2.75) is 103 Å². The Morgan fingerprint density at radius 2 is 1.10 bits per heavy atom. The summed E-state index contributed by atoms with van der Waals surface area (Å²) in [5, 5.41) is 8.75. The lowest BCUT2D eigenvalue weighted by Gasteiger charge is -2.42. The van der Waals surface area contributed by atoms with Crippen LogP contribution < -0.4 is 16.0 Å². The van der Waals surface area contributed by atoms with Gasteiger partial charge >= 0.3 is 0 Å². The minimum atomic E-state index is -0.0551. The molecule has 3 amide bonds. The van der Waals surface area contributed by atoms with Crippen LogP contribution in [0.4, 0.5) is 0 Å². The largest absolute Gasteiger partial charge is 0.363 e. The molecule has 8 aliphatic rings. The number of carbonyl (C=O) groups excluding carboxylic acids is 3. The number of rotatable bonds is 0. The van der Waals surface area contributed by atoms with E-state index in [9.17, 15) is 14.4 Å². The van der Waals surface area contributed by atoms with Gasteiger partial charge in [-0.25, -0.2) is 0 Å². The van der Waals surface area contributed by atoms with E-state index in [1.54, 1.807) is 0 Å². The third-order valence-electron chi connectivity index (χ3n) is 13.1. The molecule has 7 heterocycles. The van der Waals surface area contributed by atoms with Gasteiger partial charge in [-0.05, 0) is 142 Å². The first-order valence-electron chi connectivity index (χ1n) is 19.1. The molecule has 0 atom stereocenters. The van der Waals surface area contributed by atoms with Crippen molar-refractivity contribution < 1.29 is 19.1 Å². The first-order chi connectivity index (χ1) is 22.9. The van der Waals surface area contributed by atoms with Gasteiger partial charge in [-0.2, -0.15) is 0 Å². The quantitative estimate of drug-likeness (QED) is 0.357. The van der Waals surface area contributed by atoms with Gasteiger partial charge in [0.1, 0.15) is 6.61 Å². The minimum absolute atomic E-state index is 0. The fourth-order valence-electron chi connectivity index (χ4n) is 9.35. The van der Waals surface area contributed by atoms with Crippen molar-refractivity contribution in [2.24, 2.45) is 16.2 Å². The molecule has 0 aromatic carbocycles. The summed E-state index contributed by atoms with van der Waals surface area (Å²) in [7, 11) is 8.67. The highest BCUT2D eigenvalue weighted by Gasteiger charge is 2.44. The predicted molar refractivity (Wildman–Crippen MR) is 196 cm³/mol. The maximum atomic E-state index is 11.5. The number of piperidine rings is 4. The number of likely N-dealkylation sites (tertiary alicyclic amines) is 4. The summed E-state index contributed by atoms with van der Waals surface area (Å²) < 4.78 is 5.63. The Balaban J connectivity index is 0.000000146. The summed E-state index contributed by atoms with van der Waals surface area (Å²) in [5.41, 5.74) is 1.06. The summed E-state index contributed by atoms with van der Waals surface area (Å²) in [4.78, 5) is 43.0. The fraction of sp³-hybridized carbons (Fsp3) is 0.921. The van der Waals surface area contributed by atoms with Crippen molar-refractivity contribution in [1.29, 1.82) is 0 Å². The van der Waals surface area contributed by atoms with E-state index < -0.39 is 0 Å². The second-order valence-corrected chi connectivity index (χ2v) is 16.9. The van der Waals surface area contributed by atoms with E-state index in [1.165, 1.54) is 64.5 Å². The highest BCUT2D eigenvalue weighted by Crippen LogP contribution is 2.44. The van der Waals surface area contributed by atoms with Crippen LogP contribution in [0.5, 0.6) is 0 Å². The van der Waals surface area contributed by atoms with Crippen LogP contribution in [-0.2, 0) is 19.1 Å². The molecule has 1 saturated carbocycles. The Kier molecular flexibility index (Phi) is 14.4. The van der Waals surface area contributed by atoms with Crippen LogP contribution >= 0.6 is 0 Å². The van der Waals surface area contributed by atoms with Gasteiger partial charge < -0.3 is 40.3 Å².